The van der Waals surface area contributed by atoms with Gasteiger partial charge in [-0.15, -0.1) is 0 Å². The zero-order valence-electron chi connectivity index (χ0n) is 10.9. The summed E-state index contributed by atoms with van der Waals surface area (Å²) in [6, 6.07) is 5.28. The van der Waals surface area contributed by atoms with E-state index in [0.717, 1.165) is 0 Å². The van der Waals surface area contributed by atoms with Gasteiger partial charge in [0, 0.05) is 19.3 Å². The number of urea groups is 1. The molecule has 21 heavy (non-hydrogen) atoms. The third-order valence-electron chi connectivity index (χ3n) is 2.63. The van der Waals surface area contributed by atoms with Gasteiger partial charge in [-0.05, 0) is 12.1 Å². The van der Waals surface area contributed by atoms with E-state index in [1.54, 1.807) is 6.07 Å². The maximum atomic E-state index is 13.3. The molecule has 2 amide bonds. The summed E-state index contributed by atoms with van der Waals surface area (Å²) in [5.41, 5.74) is 0.0246. The van der Waals surface area contributed by atoms with Crippen LogP contribution in [-0.2, 0) is 6.54 Å². The number of hydrogen-bond acceptors (Lipinski definition) is 3. The Morgan fingerprint density at radius 1 is 1.33 bits per heavy atom. The van der Waals surface area contributed by atoms with E-state index in [2.05, 4.69) is 15.6 Å². The number of nitrogens with one attached hydrogen (secondary N) is 2. The number of hydrogen-bond donors (Lipinski definition) is 3. The number of carboxylic acid groups (broad SMARTS) is 1. The Morgan fingerprint density at radius 3 is 2.76 bits per heavy atom. The number of imidazole rings is 1. The van der Waals surface area contributed by atoms with Crippen molar-refractivity contribution in [3.8, 4) is 0 Å². The molecule has 1 aromatic carbocycles. The molecule has 110 valence electrons. The monoisotopic (exact) mass is 292 g/mol. The molecule has 0 radical (unpaired) electrons. The largest absolute Gasteiger partial charge is 0.476 e. The second kappa shape index (κ2) is 6.51. The van der Waals surface area contributed by atoms with E-state index in [0.29, 0.717) is 6.54 Å². The maximum Gasteiger partial charge on any atom is 0.356 e. The molecule has 8 heteroatoms. The molecule has 0 aliphatic heterocycles. The number of carbonyl (C=O) groups excluding carboxylic acids is 1. The van der Waals surface area contributed by atoms with Crippen molar-refractivity contribution >= 4 is 17.7 Å². The van der Waals surface area contributed by atoms with E-state index in [1.807, 2.05) is 0 Å². The van der Waals surface area contributed by atoms with E-state index >= 15 is 0 Å². The van der Waals surface area contributed by atoms with Crippen molar-refractivity contribution in [2.45, 2.75) is 6.54 Å². The number of aromatic carboxylic acids is 1. The number of nitrogens with zero attached hydrogens (tertiary/aromatic N) is 2. The summed E-state index contributed by atoms with van der Waals surface area (Å²) in [4.78, 5) is 25.9. The normalized spacial score (nSPS) is 10.1. The summed E-state index contributed by atoms with van der Waals surface area (Å²) in [6.45, 7) is 0.598. The zero-order valence-corrected chi connectivity index (χ0v) is 10.9. The van der Waals surface area contributed by atoms with Crippen molar-refractivity contribution in [2.75, 3.05) is 11.9 Å². The molecule has 0 atom stereocenters. The van der Waals surface area contributed by atoms with Crippen molar-refractivity contribution in [3.05, 3.63) is 48.3 Å². The molecule has 0 saturated carbocycles. The van der Waals surface area contributed by atoms with Gasteiger partial charge in [0.05, 0.1) is 12.0 Å². The van der Waals surface area contributed by atoms with Crippen LogP contribution in [0.2, 0.25) is 0 Å². The first-order chi connectivity index (χ1) is 10.1. The molecule has 0 aliphatic carbocycles. The highest BCUT2D eigenvalue weighted by Gasteiger charge is 2.07. The van der Waals surface area contributed by atoms with Gasteiger partial charge in [0.2, 0.25) is 0 Å². The second-order valence-corrected chi connectivity index (χ2v) is 4.16. The summed E-state index contributed by atoms with van der Waals surface area (Å²) >= 11 is 0. The van der Waals surface area contributed by atoms with Gasteiger partial charge >= 0.3 is 12.0 Å². The fourth-order valence-corrected chi connectivity index (χ4v) is 1.62. The van der Waals surface area contributed by atoms with Gasteiger partial charge in [-0.3, -0.25) is 0 Å². The molecule has 0 spiro atoms. The first-order valence-electron chi connectivity index (χ1n) is 6.10. The van der Waals surface area contributed by atoms with Gasteiger partial charge in [-0.25, -0.2) is 19.0 Å². The number of carbonyl (C=O) groups is 2. The lowest BCUT2D eigenvalue weighted by Gasteiger charge is -2.08. The standard InChI is InChI=1S/C13H13FN4O3/c14-9-3-1-2-4-10(9)17-13(21)15-5-6-18-7-11(12(19)20)16-8-18/h1-4,7-8H,5-6H2,(H,19,20)(H2,15,17,21). The lowest BCUT2D eigenvalue weighted by molar-refractivity contribution is 0.0691. The first kappa shape index (κ1) is 14.5. The number of para-hydroxylation sites is 1. The van der Waals surface area contributed by atoms with Gasteiger partial charge in [-0.2, -0.15) is 0 Å². The quantitative estimate of drug-likeness (QED) is 0.779. The SMILES string of the molecule is O=C(NCCn1cnc(C(=O)O)c1)Nc1ccccc1F. The molecule has 0 aliphatic rings. The van der Waals surface area contributed by atoms with Crippen LogP contribution in [0, 0.1) is 5.82 Å². The van der Waals surface area contributed by atoms with Crippen LogP contribution in [0.25, 0.3) is 0 Å². The highest BCUT2D eigenvalue weighted by molar-refractivity contribution is 5.89. The van der Waals surface area contributed by atoms with E-state index in [9.17, 15) is 14.0 Å². The molecule has 2 aromatic rings. The van der Waals surface area contributed by atoms with Gasteiger partial charge in [0.25, 0.3) is 0 Å². The van der Waals surface area contributed by atoms with Crippen LogP contribution in [0.5, 0.6) is 0 Å². The van der Waals surface area contributed by atoms with Gasteiger partial charge in [0.15, 0.2) is 5.69 Å². The lowest BCUT2D eigenvalue weighted by Crippen LogP contribution is -2.31. The molecular weight excluding hydrogens is 279 g/mol. The number of amides is 2. The van der Waals surface area contributed by atoms with Crippen molar-refractivity contribution in [1.82, 2.24) is 14.9 Å². The van der Waals surface area contributed by atoms with Crippen LogP contribution >= 0.6 is 0 Å². The summed E-state index contributed by atoms with van der Waals surface area (Å²) in [7, 11) is 0. The number of benzene rings is 1. The number of anilines is 1. The average Bonchev–Trinajstić information content (AvgIpc) is 2.90. The van der Waals surface area contributed by atoms with Crippen molar-refractivity contribution in [3.63, 3.8) is 0 Å². The fourth-order valence-electron chi connectivity index (χ4n) is 1.62. The number of carboxylic acids is 1. The Kier molecular flexibility index (Phi) is 4.50. The predicted octanol–water partition coefficient (Wildman–Crippen LogP) is 1.54. The molecule has 0 fully saturated rings. The Balaban J connectivity index is 1.79. The van der Waals surface area contributed by atoms with Crippen LogP contribution in [0.15, 0.2) is 36.8 Å². The minimum atomic E-state index is -1.11. The number of aromatic nitrogens is 2. The molecule has 2 rings (SSSR count). The minimum absolute atomic E-state index is 0.0641. The Labute approximate surface area is 119 Å². The van der Waals surface area contributed by atoms with Gasteiger partial charge < -0.3 is 20.3 Å². The van der Waals surface area contributed by atoms with Crippen molar-refractivity contribution in [2.24, 2.45) is 0 Å². The maximum absolute atomic E-state index is 13.3. The minimum Gasteiger partial charge on any atom is -0.476 e. The highest BCUT2D eigenvalue weighted by atomic mass is 19.1. The fraction of sp³-hybridized carbons (Fsp3) is 0.154. The van der Waals surface area contributed by atoms with E-state index in [1.165, 1.54) is 35.3 Å². The highest BCUT2D eigenvalue weighted by Crippen LogP contribution is 2.11. The first-order valence-corrected chi connectivity index (χ1v) is 6.10. The molecule has 7 nitrogen and oxygen atoms in total. The molecule has 0 unspecified atom stereocenters. The van der Waals surface area contributed by atoms with Gasteiger partial charge in [0.1, 0.15) is 5.82 Å². The van der Waals surface area contributed by atoms with Crippen LogP contribution in [0.4, 0.5) is 14.9 Å². The van der Waals surface area contributed by atoms with Crippen molar-refractivity contribution < 1.29 is 19.1 Å². The number of halogens is 1. The zero-order chi connectivity index (χ0) is 15.2. The van der Waals surface area contributed by atoms with Crippen LogP contribution in [-0.4, -0.2) is 33.2 Å². The lowest BCUT2D eigenvalue weighted by atomic mass is 10.3. The third-order valence-corrected chi connectivity index (χ3v) is 2.63. The third kappa shape index (κ3) is 4.03. The summed E-state index contributed by atoms with van der Waals surface area (Å²) < 4.78 is 14.8. The Bertz CT molecular complexity index is 656. The Morgan fingerprint density at radius 2 is 2.10 bits per heavy atom. The van der Waals surface area contributed by atoms with E-state index in [4.69, 9.17) is 5.11 Å². The van der Waals surface area contributed by atoms with Crippen LogP contribution in [0.3, 0.4) is 0 Å². The topological polar surface area (TPSA) is 96.2 Å². The molecule has 0 saturated heterocycles. The second-order valence-electron chi connectivity index (χ2n) is 4.16. The van der Waals surface area contributed by atoms with Gasteiger partial charge in [-0.1, -0.05) is 12.1 Å². The number of rotatable bonds is 5. The average molecular weight is 292 g/mol. The smallest absolute Gasteiger partial charge is 0.356 e. The van der Waals surface area contributed by atoms with E-state index in [-0.39, 0.29) is 17.9 Å². The summed E-state index contributed by atoms with van der Waals surface area (Å²) in [6.07, 6.45) is 2.72. The van der Waals surface area contributed by atoms with Crippen LogP contribution < -0.4 is 10.6 Å². The predicted molar refractivity (Wildman–Crippen MR) is 72.6 cm³/mol. The Hall–Kier alpha value is -2.90. The van der Waals surface area contributed by atoms with E-state index < -0.39 is 17.8 Å². The molecule has 1 aromatic heterocycles. The molecule has 0 bridgehead atoms. The van der Waals surface area contributed by atoms with Crippen LogP contribution in [0.1, 0.15) is 10.5 Å². The summed E-state index contributed by atoms with van der Waals surface area (Å²) in [5.74, 6) is -1.63. The molecule has 1 heterocycles. The molecular formula is C13H13FN4O3. The molecule has 3 N–H and O–H groups in total. The summed E-state index contributed by atoms with van der Waals surface area (Å²) in [5, 5.41) is 13.6. The van der Waals surface area contributed by atoms with Crippen molar-refractivity contribution in [1.29, 1.82) is 0 Å².